The number of carbonyl (C=O) groups is 1. The zero-order valence-corrected chi connectivity index (χ0v) is 17.0. The van der Waals surface area contributed by atoms with Crippen LogP contribution in [0.5, 0.6) is 0 Å². The number of fused-ring (bicyclic) bond motifs is 6. The number of hydrogen-bond donors (Lipinski definition) is 0. The Labute approximate surface area is 161 Å². The summed E-state index contributed by atoms with van der Waals surface area (Å²) < 4.78 is 6.39. The molecule has 4 heteroatoms. The van der Waals surface area contributed by atoms with Crippen LogP contribution in [-0.4, -0.2) is 35.1 Å². The molecule has 3 fully saturated rings. The molecule has 1 saturated heterocycles. The van der Waals surface area contributed by atoms with Crippen molar-refractivity contribution in [3.8, 4) is 0 Å². The Morgan fingerprint density at radius 1 is 1.23 bits per heavy atom. The molecule has 0 bridgehead atoms. The molecule has 0 radical (unpaired) electrons. The Morgan fingerprint density at radius 2 is 2.04 bits per heavy atom. The molecular formula is C22H29NO2S. The van der Waals surface area contributed by atoms with Gasteiger partial charge in [0.1, 0.15) is 5.60 Å². The molecule has 5 atom stereocenters. The molecule has 0 aromatic rings. The summed E-state index contributed by atoms with van der Waals surface area (Å²) in [5, 5.41) is 0.674. The van der Waals surface area contributed by atoms with Crippen LogP contribution >= 0.6 is 12.2 Å². The first-order valence-electron chi connectivity index (χ1n) is 10.2. The quantitative estimate of drug-likeness (QED) is 0.465. The van der Waals surface area contributed by atoms with Crippen LogP contribution in [0.4, 0.5) is 0 Å². The van der Waals surface area contributed by atoms with Gasteiger partial charge in [0.25, 0.3) is 5.17 Å². The molecule has 5 rings (SSSR count). The smallest absolute Gasteiger partial charge is 0.259 e. The van der Waals surface area contributed by atoms with Gasteiger partial charge in [0, 0.05) is 24.3 Å². The largest absolute Gasteiger partial charge is 0.462 e. The summed E-state index contributed by atoms with van der Waals surface area (Å²) in [6.07, 6.45) is 11.9. The second-order valence-corrected chi connectivity index (χ2v) is 10.1. The number of thiocarbonyl (C=S) groups is 1. The van der Waals surface area contributed by atoms with Crippen LogP contribution in [-0.2, 0) is 9.53 Å². The van der Waals surface area contributed by atoms with E-state index in [1.54, 1.807) is 5.57 Å². The first kappa shape index (κ1) is 17.0. The fourth-order valence-electron chi connectivity index (χ4n) is 7.10. The Hall–Kier alpha value is -1.16. The lowest BCUT2D eigenvalue weighted by Gasteiger charge is -2.54. The molecule has 0 aromatic heterocycles. The van der Waals surface area contributed by atoms with E-state index in [0.29, 0.717) is 29.2 Å². The summed E-state index contributed by atoms with van der Waals surface area (Å²) in [5.41, 5.74) is 3.21. The van der Waals surface area contributed by atoms with Crippen LogP contribution in [0.1, 0.15) is 58.8 Å². The lowest BCUT2D eigenvalue weighted by Crippen LogP contribution is -2.52. The Morgan fingerprint density at radius 3 is 2.77 bits per heavy atom. The maximum atomic E-state index is 12.0. The van der Waals surface area contributed by atoms with Gasteiger partial charge in [0.15, 0.2) is 5.78 Å². The average Bonchev–Trinajstić information content (AvgIpc) is 3.05. The minimum absolute atomic E-state index is 0.106. The maximum Gasteiger partial charge on any atom is 0.259 e. The van der Waals surface area contributed by atoms with E-state index >= 15 is 0 Å². The van der Waals surface area contributed by atoms with E-state index in [1.807, 2.05) is 6.08 Å². The van der Waals surface area contributed by atoms with Crippen molar-refractivity contribution < 1.29 is 9.53 Å². The lowest BCUT2D eigenvalue weighted by atomic mass is 9.50. The number of ketones is 1. The predicted molar refractivity (Wildman–Crippen MR) is 106 cm³/mol. The standard InChI is InChI=1S/C22H29NO2S/c1-20-9-6-15(24)12-14(20)4-5-16-17(20)7-10-21(2)18(16)8-11-22(21)13-23(3)19(26)25-22/h7,12,16,18H,4-6,8-11,13H2,1-3H3/t16?,18?,20-,21-,22+/m0/s1. The fourth-order valence-corrected chi connectivity index (χ4v) is 7.32. The van der Waals surface area contributed by atoms with Gasteiger partial charge in [-0.25, -0.2) is 0 Å². The van der Waals surface area contributed by atoms with Gasteiger partial charge in [-0.3, -0.25) is 4.79 Å². The summed E-state index contributed by atoms with van der Waals surface area (Å²) in [4.78, 5) is 14.1. The third kappa shape index (κ3) is 1.95. The third-order valence-corrected chi connectivity index (χ3v) is 9.11. The fraction of sp³-hybridized carbons (Fsp3) is 0.727. The molecule has 0 amide bonds. The summed E-state index contributed by atoms with van der Waals surface area (Å²) in [6.45, 7) is 5.79. The van der Waals surface area contributed by atoms with Crippen molar-refractivity contribution in [2.45, 2.75) is 64.4 Å². The van der Waals surface area contributed by atoms with E-state index in [1.165, 1.54) is 18.4 Å². The zero-order valence-electron chi connectivity index (χ0n) is 16.1. The van der Waals surface area contributed by atoms with Crippen LogP contribution in [0.3, 0.4) is 0 Å². The number of nitrogens with zero attached hydrogens (tertiary/aromatic N) is 1. The molecule has 26 heavy (non-hydrogen) atoms. The molecule has 2 unspecified atom stereocenters. The second kappa shape index (κ2) is 5.21. The highest BCUT2D eigenvalue weighted by Crippen LogP contribution is 2.67. The van der Waals surface area contributed by atoms with E-state index in [9.17, 15) is 4.79 Å². The molecule has 2 saturated carbocycles. The molecule has 5 aliphatic rings. The van der Waals surface area contributed by atoms with Crippen molar-refractivity contribution >= 4 is 23.2 Å². The number of carbonyl (C=O) groups excluding carboxylic acids is 1. The second-order valence-electron chi connectivity index (χ2n) is 9.76. The van der Waals surface area contributed by atoms with Crippen molar-refractivity contribution in [1.29, 1.82) is 0 Å². The zero-order chi connectivity index (χ0) is 18.3. The van der Waals surface area contributed by atoms with Gasteiger partial charge in [-0.05, 0) is 68.7 Å². The Balaban J connectivity index is 1.55. The van der Waals surface area contributed by atoms with Gasteiger partial charge < -0.3 is 9.64 Å². The molecule has 1 aliphatic heterocycles. The molecule has 3 nitrogen and oxygen atoms in total. The van der Waals surface area contributed by atoms with Crippen molar-refractivity contribution in [2.75, 3.05) is 13.6 Å². The van der Waals surface area contributed by atoms with Gasteiger partial charge in [-0.15, -0.1) is 0 Å². The minimum Gasteiger partial charge on any atom is -0.462 e. The van der Waals surface area contributed by atoms with Crippen LogP contribution in [0.2, 0.25) is 0 Å². The maximum absolute atomic E-state index is 12.0. The van der Waals surface area contributed by atoms with Crippen LogP contribution in [0, 0.1) is 22.7 Å². The number of likely N-dealkylation sites (N-methyl/N-ethyl adjacent to an activating group) is 1. The summed E-state index contributed by atoms with van der Waals surface area (Å²) in [6, 6.07) is 0. The van der Waals surface area contributed by atoms with Gasteiger partial charge in [-0.2, -0.15) is 0 Å². The normalized spacial score (nSPS) is 47.1. The van der Waals surface area contributed by atoms with Gasteiger partial charge >= 0.3 is 0 Å². The molecule has 1 heterocycles. The highest BCUT2D eigenvalue weighted by Gasteiger charge is 2.65. The highest BCUT2D eigenvalue weighted by atomic mass is 32.1. The molecule has 0 N–H and O–H groups in total. The minimum atomic E-state index is -0.106. The monoisotopic (exact) mass is 371 g/mol. The van der Waals surface area contributed by atoms with Crippen LogP contribution < -0.4 is 0 Å². The van der Waals surface area contributed by atoms with E-state index in [2.05, 4.69) is 31.9 Å². The first-order chi connectivity index (χ1) is 12.3. The number of allylic oxidation sites excluding steroid dienone is 4. The Kier molecular flexibility index (Phi) is 3.40. The van der Waals surface area contributed by atoms with Crippen molar-refractivity contribution in [3.05, 3.63) is 23.3 Å². The topological polar surface area (TPSA) is 29.5 Å². The Bertz CT molecular complexity index is 770. The van der Waals surface area contributed by atoms with E-state index in [4.69, 9.17) is 17.0 Å². The van der Waals surface area contributed by atoms with Crippen molar-refractivity contribution in [2.24, 2.45) is 22.7 Å². The number of ether oxygens (including phenoxy) is 1. The predicted octanol–water partition coefficient (Wildman–Crippen LogP) is 4.42. The van der Waals surface area contributed by atoms with Crippen LogP contribution in [0.25, 0.3) is 0 Å². The van der Waals surface area contributed by atoms with Gasteiger partial charge in [0.05, 0.1) is 6.54 Å². The molecular weight excluding hydrogens is 342 g/mol. The summed E-state index contributed by atoms with van der Waals surface area (Å²) >= 11 is 5.46. The molecule has 0 aromatic carbocycles. The molecule has 140 valence electrons. The molecule has 1 spiro atoms. The summed E-state index contributed by atoms with van der Waals surface area (Å²) in [7, 11) is 2.07. The van der Waals surface area contributed by atoms with Crippen molar-refractivity contribution in [3.63, 3.8) is 0 Å². The van der Waals surface area contributed by atoms with Gasteiger partial charge in [0.2, 0.25) is 0 Å². The van der Waals surface area contributed by atoms with E-state index in [0.717, 1.165) is 32.2 Å². The third-order valence-electron chi connectivity index (χ3n) is 8.71. The van der Waals surface area contributed by atoms with E-state index in [-0.39, 0.29) is 16.4 Å². The molecule has 4 aliphatic carbocycles. The number of hydrogen-bond acceptors (Lipinski definition) is 3. The number of rotatable bonds is 0. The summed E-state index contributed by atoms with van der Waals surface area (Å²) in [5.74, 6) is 1.65. The SMILES string of the molecule is CN1C[C@@]2(CCC3C4CCC5=CC(=O)CC[C@]5(C)C4=CC[C@@]32C)OC1=S. The van der Waals surface area contributed by atoms with Crippen molar-refractivity contribution in [1.82, 2.24) is 4.90 Å². The van der Waals surface area contributed by atoms with Crippen LogP contribution in [0.15, 0.2) is 23.3 Å². The van der Waals surface area contributed by atoms with E-state index < -0.39 is 0 Å². The van der Waals surface area contributed by atoms with Gasteiger partial charge in [-0.1, -0.05) is 31.1 Å². The lowest BCUT2D eigenvalue weighted by molar-refractivity contribution is -0.115. The first-order valence-corrected chi connectivity index (χ1v) is 10.6. The highest BCUT2D eigenvalue weighted by molar-refractivity contribution is 7.80. The average molecular weight is 372 g/mol.